The molecule has 0 radical (unpaired) electrons. The molecule has 1 N–H and O–H groups in total. The van der Waals surface area contributed by atoms with Crippen LogP contribution in [0, 0.1) is 13.8 Å². The molecule has 2 rings (SSSR count). The number of carbonyl (C=O) groups is 2. The maximum Gasteiger partial charge on any atom is 0.338 e. The molecule has 0 aliphatic rings. The number of hydrogen-bond donors (Lipinski definition) is 1. The molecule has 0 saturated carbocycles. The Labute approximate surface area is 140 Å². The molecule has 0 aliphatic heterocycles. The van der Waals surface area contributed by atoms with E-state index in [-0.39, 0.29) is 5.56 Å². The summed E-state index contributed by atoms with van der Waals surface area (Å²) in [5.74, 6) is 0.0900. The summed E-state index contributed by atoms with van der Waals surface area (Å²) in [5, 5.41) is 9.07. The van der Waals surface area contributed by atoms with Crippen LogP contribution in [0.1, 0.15) is 28.4 Å². The van der Waals surface area contributed by atoms with Crippen molar-refractivity contribution in [1.82, 2.24) is 0 Å². The maximum atomic E-state index is 11.5. The molecule has 0 heterocycles. The minimum absolute atomic E-state index is 0.222. The molecule has 0 aliphatic carbocycles. The number of carbonyl (C=O) groups excluding carboxylic acids is 1. The van der Waals surface area contributed by atoms with Crippen LogP contribution in [0.15, 0.2) is 48.6 Å². The predicted octanol–water partition coefficient (Wildman–Crippen LogP) is 4.28. The standard InChI is InChI=1S/C19H18O5/c1-11(2)19(22)24-16-7-5-15(6-8-16)23-17-12(3)9-14(18(20)21)10-13(17)4/h5-10H,1H2,2-4H3,(H,20,21). The zero-order valence-corrected chi connectivity index (χ0v) is 13.8. The number of aryl methyl sites for hydroxylation is 2. The van der Waals surface area contributed by atoms with Crippen LogP contribution in [0.2, 0.25) is 0 Å². The summed E-state index contributed by atoms with van der Waals surface area (Å²) in [7, 11) is 0. The van der Waals surface area contributed by atoms with E-state index < -0.39 is 11.9 Å². The van der Waals surface area contributed by atoms with Crippen LogP contribution >= 0.6 is 0 Å². The second-order valence-electron chi connectivity index (χ2n) is 5.49. The van der Waals surface area contributed by atoms with Gasteiger partial charge in [0, 0.05) is 5.57 Å². The van der Waals surface area contributed by atoms with Crippen LogP contribution in [0.4, 0.5) is 0 Å². The van der Waals surface area contributed by atoms with Crippen molar-refractivity contribution in [3.63, 3.8) is 0 Å². The van der Waals surface area contributed by atoms with E-state index in [0.717, 1.165) is 11.1 Å². The summed E-state index contributed by atoms with van der Waals surface area (Å²) in [6, 6.07) is 9.70. The number of carboxylic acid groups (broad SMARTS) is 1. The first kappa shape index (κ1) is 17.3. The minimum Gasteiger partial charge on any atom is -0.478 e. The molecule has 0 amide bonds. The van der Waals surface area contributed by atoms with Gasteiger partial charge >= 0.3 is 11.9 Å². The van der Waals surface area contributed by atoms with Crippen LogP contribution in [0.25, 0.3) is 0 Å². The van der Waals surface area contributed by atoms with Gasteiger partial charge in [0.1, 0.15) is 17.2 Å². The summed E-state index contributed by atoms with van der Waals surface area (Å²) in [4.78, 5) is 22.5. The fourth-order valence-electron chi connectivity index (χ4n) is 2.12. The van der Waals surface area contributed by atoms with Crippen LogP contribution in [-0.4, -0.2) is 17.0 Å². The van der Waals surface area contributed by atoms with Crippen molar-refractivity contribution in [2.45, 2.75) is 20.8 Å². The molecule has 124 valence electrons. The van der Waals surface area contributed by atoms with E-state index in [1.807, 2.05) is 0 Å². The SMILES string of the molecule is C=C(C)C(=O)Oc1ccc(Oc2c(C)cc(C(=O)O)cc2C)cc1. The van der Waals surface area contributed by atoms with Crippen LogP contribution < -0.4 is 9.47 Å². The average molecular weight is 326 g/mol. The molecule has 0 fully saturated rings. The zero-order chi connectivity index (χ0) is 17.9. The highest BCUT2D eigenvalue weighted by molar-refractivity contribution is 5.89. The summed E-state index contributed by atoms with van der Waals surface area (Å²) in [6.45, 7) is 8.68. The molecule has 0 spiro atoms. The van der Waals surface area contributed by atoms with E-state index in [2.05, 4.69) is 6.58 Å². The highest BCUT2D eigenvalue weighted by Crippen LogP contribution is 2.31. The Hall–Kier alpha value is -3.08. The number of benzene rings is 2. The Kier molecular flexibility index (Phi) is 5.04. The topological polar surface area (TPSA) is 72.8 Å². The van der Waals surface area contributed by atoms with Gasteiger partial charge in [-0.2, -0.15) is 0 Å². The number of hydrogen-bond acceptors (Lipinski definition) is 4. The van der Waals surface area contributed by atoms with Gasteiger partial charge in [-0.3, -0.25) is 0 Å². The summed E-state index contributed by atoms with van der Waals surface area (Å²) in [5.41, 5.74) is 2.00. The van der Waals surface area contributed by atoms with Gasteiger partial charge in [-0.05, 0) is 68.3 Å². The summed E-state index contributed by atoms with van der Waals surface area (Å²) in [6.07, 6.45) is 0. The van der Waals surface area contributed by atoms with Crippen molar-refractivity contribution < 1.29 is 24.2 Å². The second-order valence-corrected chi connectivity index (χ2v) is 5.49. The van der Waals surface area contributed by atoms with E-state index in [1.54, 1.807) is 57.2 Å². The predicted molar refractivity (Wildman–Crippen MR) is 89.8 cm³/mol. The Morgan fingerprint density at radius 3 is 1.96 bits per heavy atom. The van der Waals surface area contributed by atoms with E-state index in [1.165, 1.54) is 0 Å². The molecular weight excluding hydrogens is 308 g/mol. The Morgan fingerprint density at radius 2 is 1.50 bits per heavy atom. The zero-order valence-electron chi connectivity index (χ0n) is 13.8. The fourth-order valence-corrected chi connectivity index (χ4v) is 2.12. The number of esters is 1. The highest BCUT2D eigenvalue weighted by atomic mass is 16.5. The van der Waals surface area contributed by atoms with Gasteiger partial charge in [0.25, 0.3) is 0 Å². The summed E-state index contributed by atoms with van der Waals surface area (Å²) >= 11 is 0. The Morgan fingerprint density at radius 1 is 1.00 bits per heavy atom. The lowest BCUT2D eigenvalue weighted by Crippen LogP contribution is -2.07. The first-order chi connectivity index (χ1) is 11.3. The van der Waals surface area contributed by atoms with Crippen molar-refractivity contribution in [1.29, 1.82) is 0 Å². The largest absolute Gasteiger partial charge is 0.478 e. The number of aromatic carboxylic acids is 1. The van der Waals surface area contributed by atoms with Crippen LogP contribution in [-0.2, 0) is 4.79 Å². The monoisotopic (exact) mass is 326 g/mol. The number of ether oxygens (including phenoxy) is 2. The van der Waals surface area contributed by atoms with Crippen molar-refractivity contribution in [3.8, 4) is 17.2 Å². The van der Waals surface area contributed by atoms with Gasteiger partial charge < -0.3 is 14.6 Å². The molecule has 0 unspecified atom stereocenters. The molecule has 2 aromatic rings. The lowest BCUT2D eigenvalue weighted by molar-refractivity contribution is -0.130. The molecule has 5 nitrogen and oxygen atoms in total. The number of carboxylic acids is 1. The van der Waals surface area contributed by atoms with Gasteiger partial charge in [0.2, 0.25) is 0 Å². The van der Waals surface area contributed by atoms with E-state index in [4.69, 9.17) is 14.6 Å². The molecule has 0 aromatic heterocycles. The lowest BCUT2D eigenvalue weighted by atomic mass is 10.1. The average Bonchev–Trinajstić information content (AvgIpc) is 2.52. The molecule has 24 heavy (non-hydrogen) atoms. The van der Waals surface area contributed by atoms with Crippen molar-refractivity contribution in [2.75, 3.05) is 0 Å². The third kappa shape index (κ3) is 4.01. The smallest absolute Gasteiger partial charge is 0.338 e. The van der Waals surface area contributed by atoms with Gasteiger partial charge in [-0.15, -0.1) is 0 Å². The van der Waals surface area contributed by atoms with Crippen molar-refractivity contribution in [2.24, 2.45) is 0 Å². The number of rotatable bonds is 5. The Bertz CT molecular complexity index is 780. The molecule has 0 atom stereocenters. The third-order valence-electron chi connectivity index (χ3n) is 3.31. The van der Waals surface area contributed by atoms with E-state index in [0.29, 0.717) is 22.8 Å². The van der Waals surface area contributed by atoms with Crippen molar-refractivity contribution >= 4 is 11.9 Å². The highest BCUT2D eigenvalue weighted by Gasteiger charge is 2.12. The normalized spacial score (nSPS) is 10.1. The third-order valence-corrected chi connectivity index (χ3v) is 3.31. The van der Waals surface area contributed by atoms with Crippen LogP contribution in [0.5, 0.6) is 17.2 Å². The van der Waals surface area contributed by atoms with Gasteiger partial charge in [-0.25, -0.2) is 9.59 Å². The lowest BCUT2D eigenvalue weighted by Gasteiger charge is -2.13. The molecule has 0 bridgehead atoms. The van der Waals surface area contributed by atoms with Crippen LogP contribution in [0.3, 0.4) is 0 Å². The second kappa shape index (κ2) is 7.00. The van der Waals surface area contributed by atoms with Crippen molar-refractivity contribution in [3.05, 3.63) is 65.2 Å². The molecule has 0 saturated heterocycles. The van der Waals surface area contributed by atoms with E-state index >= 15 is 0 Å². The minimum atomic E-state index is -0.976. The quantitative estimate of drug-likeness (QED) is 0.504. The molecular formula is C19H18O5. The maximum absolute atomic E-state index is 11.5. The molecule has 5 heteroatoms. The first-order valence-corrected chi connectivity index (χ1v) is 7.28. The molecule has 2 aromatic carbocycles. The van der Waals surface area contributed by atoms with Gasteiger partial charge in [0.05, 0.1) is 5.56 Å². The van der Waals surface area contributed by atoms with Gasteiger partial charge in [0.15, 0.2) is 0 Å². The summed E-state index contributed by atoms with van der Waals surface area (Å²) < 4.78 is 10.9. The fraction of sp³-hybridized carbons (Fsp3) is 0.158. The van der Waals surface area contributed by atoms with E-state index in [9.17, 15) is 9.59 Å². The first-order valence-electron chi connectivity index (χ1n) is 7.28. The van der Waals surface area contributed by atoms with Gasteiger partial charge in [-0.1, -0.05) is 6.58 Å². The Balaban J connectivity index is 2.19.